The van der Waals surface area contributed by atoms with Gasteiger partial charge in [0.2, 0.25) is 5.82 Å². The standard InChI is InChI=1S/C11H18N4O2/c1-4-8-9(15(16)17)10(14(3)13-8)12-7-11(2)5-6-11/h12H,4-7H2,1-3H3. The molecule has 94 valence electrons. The highest BCUT2D eigenvalue weighted by molar-refractivity contribution is 5.60. The molecule has 1 aromatic rings. The fourth-order valence-electron chi connectivity index (χ4n) is 1.88. The molecule has 2 rings (SSSR count). The van der Waals surface area contributed by atoms with Crippen LogP contribution in [0.5, 0.6) is 0 Å². The molecule has 0 saturated heterocycles. The smallest absolute Gasteiger partial charge is 0.333 e. The topological polar surface area (TPSA) is 73.0 Å². The Bertz CT molecular complexity index is 449. The van der Waals surface area contributed by atoms with Crippen LogP contribution in [0.4, 0.5) is 11.5 Å². The Morgan fingerprint density at radius 3 is 2.71 bits per heavy atom. The minimum atomic E-state index is -0.344. The SMILES string of the molecule is CCc1nn(C)c(NCC2(C)CC2)c1[N+](=O)[O-]. The van der Waals surface area contributed by atoms with E-state index in [0.717, 1.165) is 6.54 Å². The first-order valence-electron chi connectivity index (χ1n) is 5.91. The Morgan fingerprint density at radius 1 is 1.59 bits per heavy atom. The average Bonchev–Trinajstić information content (AvgIpc) is 2.89. The van der Waals surface area contributed by atoms with Gasteiger partial charge >= 0.3 is 5.69 Å². The Kier molecular flexibility index (Phi) is 2.81. The van der Waals surface area contributed by atoms with Crippen LogP contribution in [-0.2, 0) is 13.5 Å². The summed E-state index contributed by atoms with van der Waals surface area (Å²) in [6.07, 6.45) is 2.95. The second-order valence-corrected chi connectivity index (χ2v) is 5.04. The van der Waals surface area contributed by atoms with E-state index in [1.165, 1.54) is 12.8 Å². The first-order valence-corrected chi connectivity index (χ1v) is 5.91. The van der Waals surface area contributed by atoms with E-state index in [2.05, 4.69) is 17.3 Å². The molecule has 1 saturated carbocycles. The Balaban J connectivity index is 2.24. The highest BCUT2D eigenvalue weighted by Gasteiger charge is 2.38. The third kappa shape index (κ3) is 2.25. The number of hydrogen-bond acceptors (Lipinski definition) is 4. The van der Waals surface area contributed by atoms with Crippen LogP contribution in [-0.4, -0.2) is 21.2 Å². The Labute approximate surface area is 100 Å². The Morgan fingerprint density at radius 2 is 2.24 bits per heavy atom. The maximum atomic E-state index is 11.1. The largest absolute Gasteiger partial charge is 0.364 e. The van der Waals surface area contributed by atoms with Gasteiger partial charge in [0.25, 0.3) is 0 Å². The first kappa shape index (κ1) is 11.9. The van der Waals surface area contributed by atoms with E-state index in [4.69, 9.17) is 0 Å². The molecule has 6 nitrogen and oxygen atoms in total. The van der Waals surface area contributed by atoms with Crippen LogP contribution in [0.1, 0.15) is 32.4 Å². The minimum Gasteiger partial charge on any atom is -0.364 e. The lowest BCUT2D eigenvalue weighted by Crippen LogP contribution is -2.14. The van der Waals surface area contributed by atoms with Gasteiger partial charge < -0.3 is 5.32 Å². The summed E-state index contributed by atoms with van der Waals surface area (Å²) in [5, 5.41) is 18.4. The van der Waals surface area contributed by atoms with Crippen molar-refractivity contribution in [3.63, 3.8) is 0 Å². The van der Waals surface area contributed by atoms with Crippen molar-refractivity contribution in [2.24, 2.45) is 12.5 Å². The second kappa shape index (κ2) is 4.01. The molecular weight excluding hydrogens is 220 g/mol. The normalized spacial score (nSPS) is 16.9. The molecule has 1 fully saturated rings. The van der Waals surface area contributed by atoms with Crippen molar-refractivity contribution < 1.29 is 4.92 Å². The summed E-state index contributed by atoms with van der Waals surface area (Å²) in [5.74, 6) is 0.528. The molecule has 1 aliphatic rings. The van der Waals surface area contributed by atoms with Crippen molar-refractivity contribution >= 4 is 11.5 Å². The van der Waals surface area contributed by atoms with Gasteiger partial charge in [0.15, 0.2) is 0 Å². The van der Waals surface area contributed by atoms with Crippen molar-refractivity contribution in [2.45, 2.75) is 33.1 Å². The predicted octanol–water partition coefficient (Wildman–Crippen LogP) is 2.10. The van der Waals surface area contributed by atoms with Gasteiger partial charge in [-0.15, -0.1) is 0 Å². The average molecular weight is 238 g/mol. The van der Waals surface area contributed by atoms with Gasteiger partial charge in [0.05, 0.1) is 4.92 Å². The van der Waals surface area contributed by atoms with Crippen molar-refractivity contribution in [3.8, 4) is 0 Å². The molecule has 0 aliphatic heterocycles. The van der Waals surface area contributed by atoms with Crippen LogP contribution < -0.4 is 5.32 Å². The molecule has 0 spiro atoms. The minimum absolute atomic E-state index is 0.124. The lowest BCUT2D eigenvalue weighted by atomic mass is 10.1. The van der Waals surface area contributed by atoms with E-state index in [1.807, 2.05) is 6.92 Å². The monoisotopic (exact) mass is 238 g/mol. The maximum Gasteiger partial charge on any atom is 0.333 e. The number of aryl methyl sites for hydroxylation is 2. The number of hydrogen-bond donors (Lipinski definition) is 1. The molecule has 1 aromatic heterocycles. The van der Waals surface area contributed by atoms with Crippen molar-refractivity contribution in [1.82, 2.24) is 9.78 Å². The van der Waals surface area contributed by atoms with Gasteiger partial charge in [0, 0.05) is 13.6 Å². The number of nitro groups is 1. The molecule has 0 aromatic carbocycles. The van der Waals surface area contributed by atoms with E-state index >= 15 is 0 Å². The van der Waals surface area contributed by atoms with Gasteiger partial charge in [-0.05, 0) is 24.7 Å². The predicted molar refractivity (Wildman–Crippen MR) is 65.1 cm³/mol. The molecule has 1 N–H and O–H groups in total. The van der Waals surface area contributed by atoms with Gasteiger partial charge in [-0.1, -0.05) is 13.8 Å². The third-order valence-electron chi connectivity index (χ3n) is 3.40. The van der Waals surface area contributed by atoms with Crippen molar-refractivity contribution in [2.75, 3.05) is 11.9 Å². The first-order chi connectivity index (χ1) is 7.97. The molecule has 17 heavy (non-hydrogen) atoms. The van der Waals surface area contributed by atoms with Crippen molar-refractivity contribution in [1.29, 1.82) is 0 Å². The fraction of sp³-hybridized carbons (Fsp3) is 0.727. The number of rotatable bonds is 5. The van der Waals surface area contributed by atoms with Crippen LogP contribution in [0.3, 0.4) is 0 Å². The number of anilines is 1. The van der Waals surface area contributed by atoms with Crippen LogP contribution in [0.25, 0.3) is 0 Å². The zero-order valence-corrected chi connectivity index (χ0v) is 10.5. The molecule has 0 atom stereocenters. The third-order valence-corrected chi connectivity index (χ3v) is 3.40. The summed E-state index contributed by atoms with van der Waals surface area (Å²) in [6, 6.07) is 0. The Hall–Kier alpha value is -1.59. The van der Waals surface area contributed by atoms with E-state index in [1.54, 1.807) is 11.7 Å². The van der Waals surface area contributed by atoms with E-state index in [9.17, 15) is 10.1 Å². The summed E-state index contributed by atoms with van der Waals surface area (Å²) >= 11 is 0. The van der Waals surface area contributed by atoms with Gasteiger partial charge in [-0.25, -0.2) is 4.68 Å². The summed E-state index contributed by atoms with van der Waals surface area (Å²) in [4.78, 5) is 10.7. The molecule has 0 unspecified atom stereocenters. The molecule has 1 aliphatic carbocycles. The summed E-state index contributed by atoms with van der Waals surface area (Å²) < 4.78 is 1.57. The zero-order valence-electron chi connectivity index (χ0n) is 10.5. The van der Waals surface area contributed by atoms with Crippen molar-refractivity contribution in [3.05, 3.63) is 15.8 Å². The highest BCUT2D eigenvalue weighted by Crippen LogP contribution is 2.45. The lowest BCUT2D eigenvalue weighted by Gasteiger charge is -2.10. The van der Waals surface area contributed by atoms with E-state index in [0.29, 0.717) is 23.3 Å². The number of aromatic nitrogens is 2. The van der Waals surface area contributed by atoms with Gasteiger partial charge in [-0.3, -0.25) is 10.1 Å². The molecule has 0 amide bonds. The van der Waals surface area contributed by atoms with Gasteiger partial charge in [0.1, 0.15) is 5.69 Å². The molecule has 6 heteroatoms. The number of nitrogens with zero attached hydrogens (tertiary/aromatic N) is 3. The zero-order chi connectivity index (χ0) is 12.6. The fourth-order valence-corrected chi connectivity index (χ4v) is 1.88. The molecule has 0 bridgehead atoms. The quantitative estimate of drug-likeness (QED) is 0.629. The molecule has 0 radical (unpaired) electrons. The summed E-state index contributed by atoms with van der Waals surface area (Å²) in [7, 11) is 1.74. The lowest BCUT2D eigenvalue weighted by molar-refractivity contribution is -0.384. The highest BCUT2D eigenvalue weighted by atomic mass is 16.6. The van der Waals surface area contributed by atoms with Crippen LogP contribution in [0, 0.1) is 15.5 Å². The van der Waals surface area contributed by atoms with Crippen LogP contribution in [0.2, 0.25) is 0 Å². The number of nitrogens with one attached hydrogen (secondary N) is 1. The van der Waals surface area contributed by atoms with Crippen LogP contribution in [0.15, 0.2) is 0 Å². The van der Waals surface area contributed by atoms with Crippen LogP contribution >= 0.6 is 0 Å². The van der Waals surface area contributed by atoms with E-state index < -0.39 is 0 Å². The summed E-state index contributed by atoms with van der Waals surface area (Å²) in [5.41, 5.74) is 0.977. The van der Waals surface area contributed by atoms with E-state index in [-0.39, 0.29) is 10.6 Å². The maximum absolute atomic E-state index is 11.1. The molecular formula is C11H18N4O2. The van der Waals surface area contributed by atoms with Gasteiger partial charge in [-0.2, -0.15) is 5.10 Å². The summed E-state index contributed by atoms with van der Waals surface area (Å²) in [6.45, 7) is 4.83. The second-order valence-electron chi connectivity index (χ2n) is 5.04. The molecule has 1 heterocycles.